The minimum Gasteiger partial charge on any atom is -0.458 e. The van der Waals surface area contributed by atoms with Crippen molar-refractivity contribution in [2.24, 2.45) is 0 Å². The third-order valence-electron chi connectivity index (χ3n) is 4.30. The lowest BCUT2D eigenvalue weighted by Gasteiger charge is -2.34. The van der Waals surface area contributed by atoms with Gasteiger partial charge in [0.2, 0.25) is 0 Å². The summed E-state index contributed by atoms with van der Waals surface area (Å²) in [6, 6.07) is 9.48. The van der Waals surface area contributed by atoms with Crippen LogP contribution >= 0.6 is 0 Å². The summed E-state index contributed by atoms with van der Waals surface area (Å²) in [6.45, 7) is 5.69. The van der Waals surface area contributed by atoms with Gasteiger partial charge in [-0.05, 0) is 39.2 Å². The Morgan fingerprint density at radius 1 is 1.04 bits per heavy atom. The summed E-state index contributed by atoms with van der Waals surface area (Å²) in [4.78, 5) is 25.1. The summed E-state index contributed by atoms with van der Waals surface area (Å²) >= 11 is 0. The molecule has 25 heavy (non-hydrogen) atoms. The average Bonchev–Trinajstić information content (AvgIpc) is 2.79. The number of amides is 1. The van der Waals surface area contributed by atoms with E-state index in [2.05, 4.69) is 5.32 Å². The van der Waals surface area contributed by atoms with Crippen LogP contribution in [-0.4, -0.2) is 23.2 Å². The Morgan fingerprint density at radius 3 is 2.20 bits per heavy atom. The number of alkyl carbamates (subject to hydrolysis) is 1. The second-order valence-corrected chi connectivity index (χ2v) is 7.68. The molecule has 0 bridgehead atoms. The predicted molar refractivity (Wildman–Crippen MR) is 96.0 cm³/mol. The van der Waals surface area contributed by atoms with E-state index in [1.54, 1.807) is 0 Å². The SMILES string of the molecule is CC(C)(C)OC(=O)C1(NC(=O)OCc2ccccc2)CCCCCC1. The van der Waals surface area contributed by atoms with Crippen LogP contribution in [-0.2, 0) is 20.9 Å². The second-order valence-electron chi connectivity index (χ2n) is 7.68. The maximum absolute atomic E-state index is 12.8. The van der Waals surface area contributed by atoms with Gasteiger partial charge in [0.05, 0.1) is 0 Å². The molecule has 0 unspecified atom stereocenters. The van der Waals surface area contributed by atoms with Gasteiger partial charge in [-0.2, -0.15) is 0 Å². The highest BCUT2D eigenvalue weighted by Crippen LogP contribution is 2.30. The minimum absolute atomic E-state index is 0.178. The number of benzene rings is 1. The lowest BCUT2D eigenvalue weighted by atomic mass is 9.90. The number of carbonyl (C=O) groups excluding carboxylic acids is 2. The van der Waals surface area contributed by atoms with Crippen molar-refractivity contribution in [3.05, 3.63) is 35.9 Å². The molecule has 1 aliphatic carbocycles. The maximum Gasteiger partial charge on any atom is 0.408 e. The van der Waals surface area contributed by atoms with Gasteiger partial charge in [-0.25, -0.2) is 9.59 Å². The Morgan fingerprint density at radius 2 is 1.64 bits per heavy atom. The van der Waals surface area contributed by atoms with E-state index in [0.29, 0.717) is 12.8 Å². The van der Waals surface area contributed by atoms with Crippen LogP contribution in [0.1, 0.15) is 64.9 Å². The van der Waals surface area contributed by atoms with Gasteiger partial charge in [0, 0.05) is 0 Å². The first kappa shape index (κ1) is 19.3. The molecule has 1 saturated carbocycles. The molecular formula is C20H29NO4. The van der Waals surface area contributed by atoms with Crippen molar-refractivity contribution in [2.75, 3.05) is 0 Å². The zero-order valence-corrected chi connectivity index (χ0v) is 15.5. The molecule has 5 nitrogen and oxygen atoms in total. The number of hydrogen-bond donors (Lipinski definition) is 1. The number of hydrogen-bond acceptors (Lipinski definition) is 4. The quantitative estimate of drug-likeness (QED) is 0.650. The lowest BCUT2D eigenvalue weighted by Crippen LogP contribution is -2.56. The molecule has 0 radical (unpaired) electrons. The lowest BCUT2D eigenvalue weighted by molar-refractivity contribution is -0.163. The van der Waals surface area contributed by atoms with Gasteiger partial charge in [-0.15, -0.1) is 0 Å². The summed E-state index contributed by atoms with van der Waals surface area (Å²) < 4.78 is 10.9. The highest BCUT2D eigenvalue weighted by atomic mass is 16.6. The molecule has 1 aliphatic rings. The molecule has 0 spiro atoms. The van der Waals surface area contributed by atoms with Crippen molar-refractivity contribution in [2.45, 2.75) is 77.0 Å². The molecule has 0 aromatic heterocycles. The topological polar surface area (TPSA) is 64.6 Å². The van der Waals surface area contributed by atoms with E-state index in [9.17, 15) is 9.59 Å². The Labute approximate surface area is 150 Å². The van der Waals surface area contributed by atoms with Crippen LogP contribution < -0.4 is 5.32 Å². The van der Waals surface area contributed by atoms with Crippen LogP contribution in [0.2, 0.25) is 0 Å². The number of rotatable bonds is 4. The molecule has 1 aromatic rings. The first-order chi connectivity index (χ1) is 11.8. The standard InChI is InChI=1S/C20H29NO4/c1-19(2,3)25-17(22)20(13-9-4-5-10-14-20)21-18(23)24-15-16-11-7-6-8-12-16/h6-8,11-12H,4-5,9-10,13-15H2,1-3H3,(H,21,23). The first-order valence-corrected chi connectivity index (χ1v) is 9.03. The fourth-order valence-corrected chi connectivity index (χ4v) is 3.04. The van der Waals surface area contributed by atoms with Crippen molar-refractivity contribution in [3.8, 4) is 0 Å². The Bertz CT molecular complexity index is 569. The molecule has 2 rings (SSSR count). The predicted octanol–water partition coefficient (Wildman–Crippen LogP) is 4.35. The van der Waals surface area contributed by atoms with E-state index < -0.39 is 17.2 Å². The van der Waals surface area contributed by atoms with Crippen LogP contribution in [0.5, 0.6) is 0 Å². The fraction of sp³-hybridized carbons (Fsp3) is 0.600. The van der Waals surface area contributed by atoms with Crippen molar-refractivity contribution >= 4 is 12.1 Å². The maximum atomic E-state index is 12.8. The van der Waals surface area contributed by atoms with E-state index >= 15 is 0 Å². The van der Waals surface area contributed by atoms with Crippen molar-refractivity contribution < 1.29 is 19.1 Å². The molecular weight excluding hydrogens is 318 g/mol. The molecule has 1 N–H and O–H groups in total. The van der Waals surface area contributed by atoms with Crippen LogP contribution in [0.4, 0.5) is 4.79 Å². The highest BCUT2D eigenvalue weighted by molar-refractivity contribution is 5.86. The zero-order valence-electron chi connectivity index (χ0n) is 15.5. The molecule has 0 atom stereocenters. The summed E-state index contributed by atoms with van der Waals surface area (Å²) in [7, 11) is 0. The normalized spacial score (nSPS) is 17.2. The molecule has 5 heteroatoms. The van der Waals surface area contributed by atoms with E-state index in [0.717, 1.165) is 31.2 Å². The van der Waals surface area contributed by atoms with Gasteiger partial charge in [0.1, 0.15) is 17.7 Å². The van der Waals surface area contributed by atoms with Crippen molar-refractivity contribution in [1.29, 1.82) is 0 Å². The molecule has 1 aromatic carbocycles. The third-order valence-corrected chi connectivity index (χ3v) is 4.30. The summed E-state index contributed by atoms with van der Waals surface area (Å²) in [5, 5.41) is 2.83. The van der Waals surface area contributed by atoms with Gasteiger partial charge < -0.3 is 14.8 Å². The van der Waals surface area contributed by atoms with Gasteiger partial charge >= 0.3 is 12.1 Å². The number of carbonyl (C=O) groups is 2. The van der Waals surface area contributed by atoms with E-state index in [1.807, 2.05) is 51.1 Å². The van der Waals surface area contributed by atoms with Crippen molar-refractivity contribution in [1.82, 2.24) is 5.32 Å². The molecule has 0 saturated heterocycles. The number of esters is 1. The minimum atomic E-state index is -0.989. The average molecular weight is 347 g/mol. The molecule has 0 heterocycles. The summed E-state index contributed by atoms with van der Waals surface area (Å²) in [5.41, 5.74) is -0.673. The van der Waals surface area contributed by atoms with Gasteiger partial charge in [0.15, 0.2) is 0 Å². The third kappa shape index (κ3) is 6.07. The molecule has 0 aliphatic heterocycles. The van der Waals surface area contributed by atoms with E-state index in [1.165, 1.54) is 0 Å². The van der Waals surface area contributed by atoms with Crippen LogP contribution in [0, 0.1) is 0 Å². The van der Waals surface area contributed by atoms with Gasteiger partial charge in [-0.3, -0.25) is 0 Å². The van der Waals surface area contributed by atoms with Crippen LogP contribution in [0.15, 0.2) is 30.3 Å². The van der Waals surface area contributed by atoms with E-state index in [4.69, 9.17) is 9.47 Å². The highest BCUT2D eigenvalue weighted by Gasteiger charge is 2.43. The van der Waals surface area contributed by atoms with Crippen molar-refractivity contribution in [3.63, 3.8) is 0 Å². The fourth-order valence-electron chi connectivity index (χ4n) is 3.04. The molecule has 1 fully saturated rings. The second kappa shape index (κ2) is 8.37. The van der Waals surface area contributed by atoms with Gasteiger partial charge in [-0.1, -0.05) is 56.0 Å². The molecule has 1 amide bonds. The van der Waals surface area contributed by atoms with Crippen LogP contribution in [0.25, 0.3) is 0 Å². The Hall–Kier alpha value is -2.04. The Balaban J connectivity index is 2.04. The first-order valence-electron chi connectivity index (χ1n) is 9.03. The molecule has 138 valence electrons. The smallest absolute Gasteiger partial charge is 0.408 e. The summed E-state index contributed by atoms with van der Waals surface area (Å²) in [5.74, 6) is -0.362. The van der Waals surface area contributed by atoms with Gasteiger partial charge in [0.25, 0.3) is 0 Å². The Kier molecular flexibility index (Phi) is 6.45. The largest absolute Gasteiger partial charge is 0.458 e. The van der Waals surface area contributed by atoms with Crippen LogP contribution in [0.3, 0.4) is 0 Å². The zero-order chi connectivity index (χ0) is 18.3. The number of nitrogens with one attached hydrogen (secondary N) is 1. The van der Waals surface area contributed by atoms with E-state index in [-0.39, 0.29) is 12.6 Å². The number of ether oxygens (including phenoxy) is 2. The monoisotopic (exact) mass is 347 g/mol. The summed E-state index contributed by atoms with van der Waals surface area (Å²) in [6.07, 6.45) is 4.49.